The van der Waals surface area contributed by atoms with Crippen molar-refractivity contribution in [1.82, 2.24) is 10.2 Å². The minimum absolute atomic E-state index is 0.00284. The summed E-state index contributed by atoms with van der Waals surface area (Å²) in [5, 5.41) is 20.8. The number of amides is 1. The molecule has 0 aliphatic carbocycles. The molecule has 1 saturated heterocycles. The van der Waals surface area contributed by atoms with Gasteiger partial charge >= 0.3 is 5.91 Å². The Kier molecular flexibility index (Phi) is 9.60. The van der Waals surface area contributed by atoms with Gasteiger partial charge in [-0.25, -0.2) is 0 Å². The molecule has 7 rings (SSSR count). The Labute approximate surface area is 298 Å². The maximum Gasteiger partial charge on any atom is 0.301 e. The molecule has 0 bridgehead atoms. The summed E-state index contributed by atoms with van der Waals surface area (Å²) >= 11 is 2.72. The molecular weight excluding hydrogens is 671 g/mol. The van der Waals surface area contributed by atoms with Gasteiger partial charge in [0.1, 0.15) is 24.2 Å². The van der Waals surface area contributed by atoms with Crippen LogP contribution in [0.4, 0.5) is 5.13 Å². The molecule has 50 heavy (non-hydrogen) atoms. The van der Waals surface area contributed by atoms with E-state index in [1.165, 1.54) is 33.6 Å². The Morgan fingerprint density at radius 2 is 1.76 bits per heavy atom. The van der Waals surface area contributed by atoms with Crippen LogP contribution >= 0.6 is 23.1 Å². The van der Waals surface area contributed by atoms with Crippen LogP contribution in [0.5, 0.6) is 17.2 Å². The lowest BCUT2D eigenvalue weighted by Gasteiger charge is -2.24. The second-order valence-electron chi connectivity index (χ2n) is 12.2. The number of Topliss-reactive ketones (excluding diaryl/α,β-unsaturated/α-hetero) is 1. The number of carbonyl (C=O) groups excluding carboxylic acids is 2. The number of ketones is 1. The number of rotatable bonds is 11. The second kappa shape index (κ2) is 14.4. The van der Waals surface area contributed by atoms with Gasteiger partial charge in [0, 0.05) is 17.7 Å². The highest BCUT2D eigenvalue weighted by atomic mass is 32.2. The van der Waals surface area contributed by atoms with Crippen LogP contribution in [0.2, 0.25) is 0 Å². The highest BCUT2D eigenvalue weighted by molar-refractivity contribution is 8.00. The Bertz CT molecular complexity index is 2080. The molecule has 3 heterocycles. The van der Waals surface area contributed by atoms with E-state index in [0.29, 0.717) is 52.4 Å². The summed E-state index contributed by atoms with van der Waals surface area (Å²) in [6, 6.07) is 27.6. The van der Waals surface area contributed by atoms with Crippen LogP contribution in [-0.4, -0.2) is 39.7 Å². The van der Waals surface area contributed by atoms with Gasteiger partial charge in [0.25, 0.3) is 5.78 Å². The Morgan fingerprint density at radius 3 is 2.54 bits per heavy atom. The van der Waals surface area contributed by atoms with Gasteiger partial charge in [0.05, 0.1) is 18.2 Å². The summed E-state index contributed by atoms with van der Waals surface area (Å²) < 4.78 is 18.7. The molecule has 2 aliphatic rings. The van der Waals surface area contributed by atoms with Crippen LogP contribution in [0.1, 0.15) is 53.3 Å². The molecule has 2 aliphatic heterocycles. The van der Waals surface area contributed by atoms with E-state index in [1.807, 2.05) is 57.2 Å². The number of hydrogen-bond acceptors (Lipinski definition) is 10. The highest BCUT2D eigenvalue weighted by Crippen LogP contribution is 2.46. The number of thioether (sulfide) groups is 1. The van der Waals surface area contributed by atoms with Crippen LogP contribution in [0, 0.1) is 6.92 Å². The SMILES string of the molecule is CCOc1cc([C@H]2C(=C(O)c3ccc4c(c3)C[C@@H](C)O4)C(=O)C(=O)N2c2nnc(SCc3ccc(C)cc3)s2)ccc1OCc1ccccc1. The number of nitrogens with zero attached hydrogens (tertiary/aromatic N) is 3. The first-order valence-corrected chi connectivity index (χ1v) is 18.2. The summed E-state index contributed by atoms with van der Waals surface area (Å²) in [6.07, 6.45) is 0.674. The van der Waals surface area contributed by atoms with E-state index >= 15 is 0 Å². The lowest BCUT2D eigenvalue weighted by Crippen LogP contribution is -2.29. The molecule has 1 amide bonds. The monoisotopic (exact) mass is 705 g/mol. The number of carbonyl (C=O) groups is 2. The molecule has 1 fully saturated rings. The topological polar surface area (TPSA) is 111 Å². The minimum atomic E-state index is -1.01. The standard InChI is InChI=1S/C39H35N3O6S2/c1-4-46-32-20-27(14-17-31(32)47-21-25-8-6-5-7-9-25)34-33(35(43)28-15-16-30-29(19-28)18-24(3)48-30)36(44)37(45)42(34)38-40-41-39(50-38)49-22-26-12-10-23(2)11-13-26/h5-17,19-20,24,34,43H,4,18,21-22H2,1-3H3/t24-,34+/m1/s1. The molecule has 11 heteroatoms. The van der Waals surface area contributed by atoms with E-state index in [9.17, 15) is 14.7 Å². The number of ether oxygens (including phenoxy) is 3. The lowest BCUT2D eigenvalue weighted by atomic mass is 9.94. The molecule has 5 aromatic rings. The number of aryl methyl sites for hydroxylation is 1. The van der Waals surface area contributed by atoms with E-state index in [0.717, 1.165) is 22.4 Å². The fourth-order valence-corrected chi connectivity index (χ4v) is 7.90. The zero-order valence-electron chi connectivity index (χ0n) is 27.8. The number of aromatic nitrogens is 2. The average molecular weight is 706 g/mol. The molecule has 4 aromatic carbocycles. The van der Waals surface area contributed by atoms with Crippen molar-refractivity contribution in [3.8, 4) is 17.2 Å². The smallest absolute Gasteiger partial charge is 0.301 e. The Balaban J connectivity index is 1.27. The molecule has 0 radical (unpaired) electrons. The second-order valence-corrected chi connectivity index (χ2v) is 14.3. The fraction of sp³-hybridized carbons (Fsp3) is 0.231. The van der Waals surface area contributed by atoms with Gasteiger partial charge in [-0.05, 0) is 73.4 Å². The van der Waals surface area contributed by atoms with Crippen molar-refractivity contribution in [2.45, 2.75) is 56.0 Å². The van der Waals surface area contributed by atoms with Crippen LogP contribution in [0.25, 0.3) is 5.76 Å². The average Bonchev–Trinajstić information content (AvgIpc) is 3.82. The van der Waals surface area contributed by atoms with Gasteiger partial charge in [-0.3, -0.25) is 14.5 Å². The zero-order chi connectivity index (χ0) is 34.8. The number of fused-ring (bicyclic) bond motifs is 1. The van der Waals surface area contributed by atoms with E-state index in [1.54, 1.807) is 30.3 Å². The molecule has 9 nitrogen and oxygen atoms in total. The number of hydrogen-bond donors (Lipinski definition) is 1. The van der Waals surface area contributed by atoms with Crippen LogP contribution in [0.3, 0.4) is 0 Å². The van der Waals surface area contributed by atoms with Gasteiger partial charge in [-0.2, -0.15) is 0 Å². The summed E-state index contributed by atoms with van der Waals surface area (Å²) in [5.41, 5.74) is 5.14. The van der Waals surface area contributed by atoms with Crippen LogP contribution < -0.4 is 19.1 Å². The molecular formula is C39H35N3O6S2. The highest BCUT2D eigenvalue weighted by Gasteiger charge is 2.48. The summed E-state index contributed by atoms with van der Waals surface area (Å²) in [7, 11) is 0. The summed E-state index contributed by atoms with van der Waals surface area (Å²) in [5.74, 6) is 0.464. The van der Waals surface area contributed by atoms with Crippen molar-refractivity contribution in [3.05, 3.63) is 130 Å². The van der Waals surface area contributed by atoms with Crippen molar-refractivity contribution in [2.75, 3.05) is 11.5 Å². The first-order valence-electron chi connectivity index (χ1n) is 16.3. The van der Waals surface area contributed by atoms with Crippen molar-refractivity contribution in [1.29, 1.82) is 0 Å². The molecule has 0 unspecified atom stereocenters. The molecule has 1 aromatic heterocycles. The molecule has 2 atom stereocenters. The van der Waals surface area contributed by atoms with Crippen molar-refractivity contribution in [3.63, 3.8) is 0 Å². The van der Waals surface area contributed by atoms with Crippen LogP contribution in [0.15, 0.2) is 101 Å². The normalized spacial score (nSPS) is 17.9. The molecule has 1 N–H and O–H groups in total. The van der Waals surface area contributed by atoms with E-state index in [2.05, 4.69) is 34.5 Å². The zero-order valence-corrected chi connectivity index (χ0v) is 29.4. The quantitative estimate of drug-likeness (QED) is 0.0480. The third-order valence-electron chi connectivity index (χ3n) is 8.52. The van der Waals surface area contributed by atoms with Crippen molar-refractivity contribution in [2.24, 2.45) is 0 Å². The maximum absolute atomic E-state index is 13.9. The van der Waals surface area contributed by atoms with E-state index < -0.39 is 17.7 Å². The summed E-state index contributed by atoms with van der Waals surface area (Å²) in [6.45, 7) is 6.58. The molecule has 0 spiro atoms. The van der Waals surface area contributed by atoms with Crippen molar-refractivity contribution >= 4 is 45.7 Å². The maximum atomic E-state index is 13.9. The Morgan fingerprint density at radius 1 is 0.960 bits per heavy atom. The molecule has 254 valence electrons. The van der Waals surface area contributed by atoms with Gasteiger partial charge in [-0.15, -0.1) is 10.2 Å². The largest absolute Gasteiger partial charge is 0.507 e. The predicted octanol–water partition coefficient (Wildman–Crippen LogP) is 8.07. The Hall–Kier alpha value is -5.13. The van der Waals surface area contributed by atoms with Crippen LogP contribution in [-0.2, 0) is 28.4 Å². The fourth-order valence-electron chi connectivity index (χ4n) is 6.08. The minimum Gasteiger partial charge on any atom is -0.507 e. The lowest BCUT2D eigenvalue weighted by molar-refractivity contribution is -0.132. The predicted molar refractivity (Wildman–Crippen MR) is 194 cm³/mol. The summed E-state index contributed by atoms with van der Waals surface area (Å²) in [4.78, 5) is 29.2. The van der Waals surface area contributed by atoms with Gasteiger partial charge in [0.15, 0.2) is 15.8 Å². The van der Waals surface area contributed by atoms with Crippen molar-refractivity contribution < 1.29 is 28.9 Å². The van der Waals surface area contributed by atoms with E-state index in [4.69, 9.17) is 14.2 Å². The number of anilines is 1. The number of aliphatic hydroxyl groups excluding tert-OH is 1. The molecule has 0 saturated carbocycles. The number of aliphatic hydroxyl groups is 1. The van der Waals surface area contributed by atoms with Gasteiger partial charge < -0.3 is 19.3 Å². The number of benzene rings is 4. The first-order chi connectivity index (χ1) is 24.3. The third kappa shape index (κ3) is 6.83. The van der Waals surface area contributed by atoms with Gasteiger partial charge in [-0.1, -0.05) is 89.3 Å². The van der Waals surface area contributed by atoms with E-state index in [-0.39, 0.29) is 22.6 Å². The third-order valence-corrected chi connectivity index (χ3v) is 10.6. The first kappa shape index (κ1) is 33.4. The van der Waals surface area contributed by atoms with Gasteiger partial charge in [0.2, 0.25) is 5.13 Å².